The number of nitrogens with zero attached hydrogens (tertiary/aromatic N) is 2. The van der Waals surface area contributed by atoms with Gasteiger partial charge >= 0.3 is 0 Å². The molecular weight excluding hydrogens is 166 g/mol. The van der Waals surface area contributed by atoms with Crippen molar-refractivity contribution in [3.05, 3.63) is 11.6 Å². The monoisotopic (exact) mass is 179 g/mol. The molecule has 0 spiro atoms. The van der Waals surface area contributed by atoms with E-state index < -0.39 is 0 Å². The highest BCUT2D eigenvalue weighted by Crippen LogP contribution is 2.16. The van der Waals surface area contributed by atoms with Crippen molar-refractivity contribution in [1.29, 1.82) is 5.26 Å². The number of nitrogens with two attached hydrogens (primary N) is 1. The number of hydrogen-bond donors (Lipinski definition) is 1. The molecule has 0 fully saturated rings. The van der Waals surface area contributed by atoms with Crippen LogP contribution in [0.4, 0.5) is 5.88 Å². The Morgan fingerprint density at radius 1 is 1.69 bits per heavy atom. The zero-order valence-corrected chi connectivity index (χ0v) is 7.87. The maximum atomic E-state index is 8.57. The molecule has 13 heavy (non-hydrogen) atoms. The largest absolute Gasteiger partial charge is 0.424 e. The van der Waals surface area contributed by atoms with E-state index >= 15 is 0 Å². The van der Waals surface area contributed by atoms with Gasteiger partial charge in [-0.2, -0.15) is 5.26 Å². The van der Waals surface area contributed by atoms with Gasteiger partial charge in [0.1, 0.15) is 6.07 Å². The van der Waals surface area contributed by atoms with E-state index in [1.165, 1.54) is 0 Å². The Balaban J connectivity index is 2.75. The first-order valence-electron chi connectivity index (χ1n) is 4.32. The van der Waals surface area contributed by atoms with E-state index in [1.54, 1.807) is 0 Å². The summed E-state index contributed by atoms with van der Waals surface area (Å²) in [6.07, 6.45) is 1.80. The lowest BCUT2D eigenvalue weighted by Crippen LogP contribution is -1.97. The molecule has 1 aromatic rings. The van der Waals surface area contributed by atoms with Gasteiger partial charge in [0.2, 0.25) is 11.6 Å². The van der Waals surface area contributed by atoms with Gasteiger partial charge in [-0.25, -0.2) is 4.98 Å². The summed E-state index contributed by atoms with van der Waals surface area (Å²) < 4.78 is 5.12. The molecule has 2 N–H and O–H groups in total. The minimum atomic E-state index is 0.126. The lowest BCUT2D eigenvalue weighted by atomic mass is 10.1. The molecule has 1 heterocycles. The second-order valence-corrected chi connectivity index (χ2v) is 3.15. The van der Waals surface area contributed by atoms with Crippen LogP contribution in [-0.4, -0.2) is 4.98 Å². The number of nitrogen functional groups attached to an aromatic ring is 1. The molecule has 0 aromatic carbocycles. The summed E-state index contributed by atoms with van der Waals surface area (Å²) in [4.78, 5) is 3.96. The third kappa shape index (κ3) is 2.22. The average Bonchev–Trinajstić information content (AvgIpc) is 2.46. The van der Waals surface area contributed by atoms with Crippen LogP contribution in [0.25, 0.3) is 0 Å². The summed E-state index contributed by atoms with van der Waals surface area (Å²) in [7, 11) is 0. The summed E-state index contributed by atoms with van der Waals surface area (Å²) in [5.74, 6) is 1.19. The first-order chi connectivity index (χ1) is 6.17. The normalized spacial score (nSPS) is 12.4. The maximum absolute atomic E-state index is 8.57. The van der Waals surface area contributed by atoms with Crippen LogP contribution in [0.5, 0.6) is 0 Å². The van der Waals surface area contributed by atoms with E-state index in [4.69, 9.17) is 15.4 Å². The molecule has 1 rings (SSSR count). The SMILES string of the molecule is CCC(C)Cc1nc(C#N)c(N)o1. The van der Waals surface area contributed by atoms with Gasteiger partial charge in [0.15, 0.2) is 5.89 Å². The molecule has 70 valence electrons. The van der Waals surface area contributed by atoms with Gasteiger partial charge in [0.25, 0.3) is 0 Å². The lowest BCUT2D eigenvalue weighted by molar-refractivity contribution is 0.446. The molecular formula is C9H13N3O. The summed E-state index contributed by atoms with van der Waals surface area (Å²) in [5, 5.41) is 8.57. The number of aromatic nitrogens is 1. The van der Waals surface area contributed by atoms with Crippen LogP contribution in [0.2, 0.25) is 0 Å². The number of hydrogen-bond acceptors (Lipinski definition) is 4. The Labute approximate surface area is 77.4 Å². The summed E-state index contributed by atoms with van der Waals surface area (Å²) >= 11 is 0. The van der Waals surface area contributed by atoms with E-state index in [2.05, 4.69) is 18.8 Å². The van der Waals surface area contributed by atoms with Crippen LogP contribution >= 0.6 is 0 Å². The molecule has 4 nitrogen and oxygen atoms in total. The predicted octanol–water partition coefficient (Wildman–Crippen LogP) is 1.72. The highest BCUT2D eigenvalue weighted by atomic mass is 16.4. The topological polar surface area (TPSA) is 75.8 Å². The van der Waals surface area contributed by atoms with E-state index in [0.717, 1.165) is 12.8 Å². The Hall–Kier alpha value is -1.50. The molecule has 0 radical (unpaired) electrons. The minimum Gasteiger partial charge on any atom is -0.424 e. The minimum absolute atomic E-state index is 0.126. The quantitative estimate of drug-likeness (QED) is 0.766. The number of oxazole rings is 1. The average molecular weight is 179 g/mol. The van der Waals surface area contributed by atoms with Gasteiger partial charge < -0.3 is 10.2 Å². The van der Waals surface area contributed by atoms with Gasteiger partial charge in [-0.15, -0.1) is 0 Å². The van der Waals surface area contributed by atoms with Gasteiger partial charge in [0, 0.05) is 6.42 Å². The summed E-state index contributed by atoms with van der Waals surface area (Å²) in [6, 6.07) is 1.88. The molecule has 0 aliphatic rings. The highest BCUT2D eigenvalue weighted by Gasteiger charge is 2.11. The molecule has 0 saturated carbocycles. The number of anilines is 1. The van der Waals surface area contributed by atoms with Gasteiger partial charge in [-0.05, 0) is 5.92 Å². The highest BCUT2D eigenvalue weighted by molar-refractivity contribution is 5.40. The second kappa shape index (κ2) is 3.94. The first-order valence-corrected chi connectivity index (χ1v) is 4.32. The fraction of sp³-hybridized carbons (Fsp3) is 0.556. The fourth-order valence-corrected chi connectivity index (χ4v) is 0.988. The van der Waals surface area contributed by atoms with Crippen LogP contribution in [0.3, 0.4) is 0 Å². The van der Waals surface area contributed by atoms with Crippen molar-refractivity contribution in [3.63, 3.8) is 0 Å². The molecule has 1 atom stereocenters. The zero-order valence-electron chi connectivity index (χ0n) is 7.87. The molecule has 1 unspecified atom stereocenters. The van der Waals surface area contributed by atoms with Crippen LogP contribution < -0.4 is 5.73 Å². The zero-order chi connectivity index (χ0) is 9.84. The maximum Gasteiger partial charge on any atom is 0.229 e. The molecule has 0 aliphatic carbocycles. The van der Waals surface area contributed by atoms with Crippen molar-refractivity contribution in [2.24, 2.45) is 5.92 Å². The molecule has 0 amide bonds. The fourth-order valence-electron chi connectivity index (χ4n) is 0.988. The van der Waals surface area contributed by atoms with Crippen molar-refractivity contribution in [1.82, 2.24) is 4.98 Å². The summed E-state index contributed by atoms with van der Waals surface area (Å²) in [6.45, 7) is 4.20. The van der Waals surface area contributed by atoms with E-state index in [9.17, 15) is 0 Å². The van der Waals surface area contributed by atoms with Crippen molar-refractivity contribution in [2.45, 2.75) is 26.7 Å². The van der Waals surface area contributed by atoms with Crippen molar-refractivity contribution in [2.75, 3.05) is 5.73 Å². The number of rotatable bonds is 3. The van der Waals surface area contributed by atoms with Crippen LogP contribution in [0.1, 0.15) is 31.9 Å². The molecule has 0 bridgehead atoms. The van der Waals surface area contributed by atoms with Crippen molar-refractivity contribution in [3.8, 4) is 6.07 Å². The Morgan fingerprint density at radius 2 is 2.38 bits per heavy atom. The Morgan fingerprint density at radius 3 is 2.85 bits per heavy atom. The second-order valence-electron chi connectivity index (χ2n) is 3.15. The lowest BCUT2D eigenvalue weighted by Gasteiger charge is -2.02. The third-order valence-corrected chi connectivity index (χ3v) is 2.02. The van der Waals surface area contributed by atoms with Crippen LogP contribution in [0.15, 0.2) is 4.42 Å². The van der Waals surface area contributed by atoms with Crippen molar-refractivity contribution >= 4 is 5.88 Å². The van der Waals surface area contributed by atoms with Gasteiger partial charge in [-0.1, -0.05) is 20.3 Å². The summed E-state index contributed by atoms with van der Waals surface area (Å²) in [5.41, 5.74) is 5.61. The van der Waals surface area contributed by atoms with Gasteiger partial charge in [-0.3, -0.25) is 0 Å². The molecule has 0 aliphatic heterocycles. The van der Waals surface area contributed by atoms with E-state index in [-0.39, 0.29) is 11.6 Å². The van der Waals surface area contributed by atoms with Crippen LogP contribution in [0, 0.1) is 17.2 Å². The molecule has 1 aromatic heterocycles. The standard InChI is InChI=1S/C9H13N3O/c1-3-6(2)4-8-12-7(5-10)9(11)13-8/h6H,3-4,11H2,1-2H3. The predicted molar refractivity (Wildman–Crippen MR) is 48.8 cm³/mol. The molecule has 4 heteroatoms. The van der Waals surface area contributed by atoms with E-state index in [1.807, 2.05) is 6.07 Å². The Bertz CT molecular complexity index is 324. The van der Waals surface area contributed by atoms with Crippen LogP contribution in [-0.2, 0) is 6.42 Å². The Kier molecular flexibility index (Phi) is 2.91. The first kappa shape index (κ1) is 9.59. The smallest absolute Gasteiger partial charge is 0.229 e. The van der Waals surface area contributed by atoms with Gasteiger partial charge in [0.05, 0.1) is 0 Å². The third-order valence-electron chi connectivity index (χ3n) is 2.02. The number of nitriles is 1. The van der Waals surface area contributed by atoms with E-state index in [0.29, 0.717) is 11.8 Å². The van der Waals surface area contributed by atoms with Crippen molar-refractivity contribution < 1.29 is 4.42 Å². The molecule has 0 saturated heterocycles.